The van der Waals surface area contributed by atoms with Crippen LogP contribution in [0.4, 0.5) is 17.1 Å². The molecule has 3 heterocycles. The number of thiocarbonyl (C=S) groups is 1. The first-order chi connectivity index (χ1) is 19.0. The van der Waals surface area contributed by atoms with Gasteiger partial charge in [-0.25, -0.2) is 0 Å². The van der Waals surface area contributed by atoms with E-state index in [0.717, 1.165) is 49.4 Å². The van der Waals surface area contributed by atoms with Crippen molar-refractivity contribution in [3.63, 3.8) is 0 Å². The molecule has 2 fully saturated rings. The van der Waals surface area contributed by atoms with Crippen LogP contribution in [0.1, 0.15) is 25.0 Å². The van der Waals surface area contributed by atoms with Gasteiger partial charge in [0, 0.05) is 62.7 Å². The zero-order valence-corrected chi connectivity index (χ0v) is 22.4. The monoisotopic (exact) mass is 545 g/mol. The Labute approximate surface area is 232 Å². The minimum absolute atomic E-state index is 0.155. The second-order valence-corrected chi connectivity index (χ2v) is 10.0. The number of carbonyl (C=O) groups is 1. The number of hydrogen-bond donors (Lipinski definition) is 1. The summed E-state index contributed by atoms with van der Waals surface area (Å²) in [5, 5.41) is 14.8. The van der Waals surface area contributed by atoms with Crippen molar-refractivity contribution in [2.45, 2.75) is 19.3 Å². The number of nitrogens with one attached hydrogen (secondary N) is 1. The molecule has 39 heavy (non-hydrogen) atoms. The lowest BCUT2D eigenvalue weighted by atomic mass is 10.1. The molecule has 0 radical (unpaired) electrons. The zero-order valence-electron chi connectivity index (χ0n) is 21.6. The van der Waals surface area contributed by atoms with Crippen LogP contribution in [-0.4, -0.2) is 60.1 Å². The van der Waals surface area contributed by atoms with Crippen molar-refractivity contribution in [3.8, 4) is 11.3 Å². The molecule has 2 aliphatic rings. The number of furan rings is 1. The highest BCUT2D eigenvalue weighted by molar-refractivity contribution is 7.80. The number of amides is 1. The average molecular weight is 546 g/mol. The molecule has 0 atom stereocenters. The van der Waals surface area contributed by atoms with E-state index in [1.807, 2.05) is 59.5 Å². The molecule has 1 amide bonds. The molecule has 0 spiro atoms. The van der Waals surface area contributed by atoms with E-state index in [-0.39, 0.29) is 16.5 Å². The number of nitrogens with zero attached hydrogens (tertiary/aromatic N) is 4. The maximum Gasteiger partial charge on any atom is 0.292 e. The van der Waals surface area contributed by atoms with Crippen molar-refractivity contribution in [2.24, 2.45) is 0 Å². The molecule has 2 saturated heterocycles. The van der Waals surface area contributed by atoms with Crippen LogP contribution in [0.5, 0.6) is 0 Å². The highest BCUT2D eigenvalue weighted by Crippen LogP contribution is 2.34. The lowest BCUT2D eigenvalue weighted by Crippen LogP contribution is -2.52. The predicted molar refractivity (Wildman–Crippen MR) is 157 cm³/mol. The lowest BCUT2D eigenvalue weighted by molar-refractivity contribution is -0.384. The third-order valence-corrected chi connectivity index (χ3v) is 7.46. The minimum Gasteiger partial charge on any atom is -0.457 e. The van der Waals surface area contributed by atoms with Gasteiger partial charge in [-0.1, -0.05) is 30.3 Å². The van der Waals surface area contributed by atoms with Crippen molar-refractivity contribution in [1.29, 1.82) is 0 Å². The Bertz CT molecular complexity index is 1360. The van der Waals surface area contributed by atoms with Crippen LogP contribution in [0, 0.1) is 10.1 Å². The van der Waals surface area contributed by atoms with Crippen LogP contribution in [0.2, 0.25) is 0 Å². The van der Waals surface area contributed by atoms with E-state index in [0.29, 0.717) is 42.7 Å². The third-order valence-electron chi connectivity index (χ3n) is 7.10. The fourth-order valence-corrected chi connectivity index (χ4v) is 5.29. The molecule has 10 heteroatoms. The Balaban J connectivity index is 1.15. The maximum atomic E-state index is 12.5. The van der Waals surface area contributed by atoms with Gasteiger partial charge in [0.2, 0.25) is 5.91 Å². The van der Waals surface area contributed by atoms with Gasteiger partial charge in [0.15, 0.2) is 5.11 Å². The number of piperazine rings is 1. The number of nitro groups is 1. The second kappa shape index (κ2) is 12.1. The fourth-order valence-electron chi connectivity index (χ4n) is 5.00. The smallest absolute Gasteiger partial charge is 0.292 e. The van der Waals surface area contributed by atoms with E-state index >= 15 is 0 Å². The van der Waals surface area contributed by atoms with Crippen LogP contribution >= 0.6 is 12.2 Å². The van der Waals surface area contributed by atoms with Crippen molar-refractivity contribution in [3.05, 3.63) is 82.6 Å². The van der Waals surface area contributed by atoms with Gasteiger partial charge in [-0.3, -0.25) is 20.2 Å². The van der Waals surface area contributed by atoms with Gasteiger partial charge in [0.1, 0.15) is 17.2 Å². The Kier molecular flexibility index (Phi) is 8.21. The molecule has 9 nitrogen and oxygen atoms in total. The Hall–Kier alpha value is -4.18. The van der Waals surface area contributed by atoms with E-state index < -0.39 is 0 Å². The fraction of sp³-hybridized carbons (Fsp3) is 0.310. The highest BCUT2D eigenvalue weighted by Gasteiger charge is 2.25. The predicted octanol–water partition coefficient (Wildman–Crippen LogP) is 5.08. The molecular formula is C29H31N5O4S. The summed E-state index contributed by atoms with van der Waals surface area (Å²) in [7, 11) is 0. The standard InChI is InChI=1S/C29H31N5O4S/c35-28(14-11-24-10-13-27(38-24)22-7-3-1-4-8-22)30-29(39)33-19-17-31(18-20-33)23-9-12-25(34(36)37)26(21-23)32-15-5-2-6-16-32/h1,3-4,7-14,21H,2,5-6,15-20H2,(H,30,35,39)/b14-11+. The van der Waals surface area contributed by atoms with Crippen LogP contribution in [-0.2, 0) is 4.79 Å². The summed E-state index contributed by atoms with van der Waals surface area (Å²) in [5.41, 5.74) is 2.79. The van der Waals surface area contributed by atoms with Crippen LogP contribution in [0.25, 0.3) is 17.4 Å². The van der Waals surface area contributed by atoms with Gasteiger partial charge in [-0.15, -0.1) is 0 Å². The SMILES string of the molecule is O=C(/C=C/c1ccc(-c2ccccc2)o1)NC(=S)N1CCN(c2ccc([N+](=O)[O-])c(N3CCCCC3)c2)CC1. The summed E-state index contributed by atoms with van der Waals surface area (Å²) in [4.78, 5) is 30.1. The zero-order chi connectivity index (χ0) is 27.2. The summed E-state index contributed by atoms with van der Waals surface area (Å²) in [6.45, 7) is 4.34. The van der Waals surface area contributed by atoms with Crippen LogP contribution in [0.15, 0.2) is 71.2 Å². The molecular weight excluding hydrogens is 514 g/mol. The van der Waals surface area contributed by atoms with Gasteiger partial charge in [0.05, 0.1) is 4.92 Å². The number of benzene rings is 2. The first kappa shape index (κ1) is 26.4. The Morgan fingerprint density at radius 1 is 0.923 bits per heavy atom. The second-order valence-electron chi connectivity index (χ2n) is 9.65. The summed E-state index contributed by atoms with van der Waals surface area (Å²) in [6, 6.07) is 18.8. The van der Waals surface area contributed by atoms with E-state index in [1.54, 1.807) is 12.1 Å². The molecule has 0 saturated carbocycles. The molecule has 2 aromatic carbocycles. The van der Waals surface area contributed by atoms with Gasteiger partial charge >= 0.3 is 0 Å². The molecule has 0 bridgehead atoms. The lowest BCUT2D eigenvalue weighted by Gasteiger charge is -2.37. The molecule has 0 unspecified atom stereocenters. The summed E-state index contributed by atoms with van der Waals surface area (Å²) in [6.07, 6.45) is 6.30. The van der Waals surface area contributed by atoms with Gasteiger partial charge in [0.25, 0.3) is 5.69 Å². The highest BCUT2D eigenvalue weighted by atomic mass is 32.1. The number of hydrogen-bond acceptors (Lipinski definition) is 7. The number of anilines is 2. The number of piperidine rings is 1. The molecule has 1 aromatic heterocycles. The van der Waals surface area contributed by atoms with E-state index in [4.69, 9.17) is 16.6 Å². The molecule has 1 N–H and O–H groups in total. The maximum absolute atomic E-state index is 12.5. The van der Waals surface area contributed by atoms with Crippen LogP contribution in [0.3, 0.4) is 0 Å². The molecule has 0 aliphatic carbocycles. The summed E-state index contributed by atoms with van der Waals surface area (Å²) < 4.78 is 5.81. The molecule has 2 aliphatic heterocycles. The minimum atomic E-state index is -0.318. The van der Waals surface area contributed by atoms with Crippen molar-refractivity contribution < 1.29 is 14.1 Å². The molecule has 202 valence electrons. The molecule has 3 aromatic rings. The third kappa shape index (κ3) is 6.46. The van der Waals surface area contributed by atoms with Gasteiger partial charge in [-0.05, 0) is 61.8 Å². The van der Waals surface area contributed by atoms with Gasteiger partial charge < -0.3 is 19.1 Å². The number of carbonyl (C=O) groups excluding carboxylic acids is 1. The van der Waals surface area contributed by atoms with Crippen molar-refractivity contribution in [2.75, 3.05) is 49.1 Å². The molecule has 5 rings (SSSR count). The number of rotatable bonds is 6. The van der Waals surface area contributed by atoms with E-state index in [2.05, 4.69) is 15.1 Å². The average Bonchev–Trinajstić information content (AvgIpc) is 3.46. The first-order valence-corrected chi connectivity index (χ1v) is 13.6. The van der Waals surface area contributed by atoms with Gasteiger partial charge in [-0.2, -0.15) is 0 Å². The van der Waals surface area contributed by atoms with E-state index in [9.17, 15) is 14.9 Å². The number of nitro benzene ring substituents is 1. The van der Waals surface area contributed by atoms with Crippen LogP contribution < -0.4 is 15.1 Å². The largest absolute Gasteiger partial charge is 0.457 e. The normalized spacial score (nSPS) is 15.9. The van der Waals surface area contributed by atoms with Crippen molar-refractivity contribution in [1.82, 2.24) is 10.2 Å². The van der Waals surface area contributed by atoms with Crippen molar-refractivity contribution >= 4 is 46.4 Å². The Morgan fingerprint density at radius 2 is 1.67 bits per heavy atom. The summed E-state index contributed by atoms with van der Waals surface area (Å²) >= 11 is 5.49. The first-order valence-electron chi connectivity index (χ1n) is 13.2. The quantitative estimate of drug-likeness (QED) is 0.198. The van der Waals surface area contributed by atoms with E-state index in [1.165, 1.54) is 6.08 Å². The Morgan fingerprint density at radius 3 is 2.38 bits per heavy atom. The topological polar surface area (TPSA) is 95.1 Å². The summed E-state index contributed by atoms with van der Waals surface area (Å²) in [5.74, 6) is 0.998.